The van der Waals surface area contributed by atoms with Crippen LogP contribution in [0.1, 0.15) is 16.9 Å². The molecule has 116 valence electrons. The highest BCUT2D eigenvalue weighted by atomic mass is 32.2. The highest BCUT2D eigenvalue weighted by Gasteiger charge is 2.44. The molecule has 0 bridgehead atoms. The fraction of sp³-hybridized carbons (Fsp3) is 0.455. The first-order chi connectivity index (χ1) is 9.64. The topological polar surface area (TPSA) is 143 Å². The molecule has 0 spiro atoms. The van der Waals surface area contributed by atoms with Gasteiger partial charge in [-0.1, -0.05) is 0 Å². The summed E-state index contributed by atoms with van der Waals surface area (Å²) in [7, 11) is -2.69. The SMILES string of the molecule is Cn1cc(S(=O)(=O)N2CC(O)C[C@H]2C(=O)O)cc1C(N)=O. The van der Waals surface area contributed by atoms with E-state index in [1.807, 2.05) is 0 Å². The van der Waals surface area contributed by atoms with Gasteiger partial charge in [0.05, 0.1) is 6.10 Å². The number of aliphatic carboxylic acids is 1. The first-order valence-corrected chi connectivity index (χ1v) is 7.47. The zero-order valence-corrected chi connectivity index (χ0v) is 11.9. The lowest BCUT2D eigenvalue weighted by Crippen LogP contribution is -2.40. The van der Waals surface area contributed by atoms with Crippen LogP contribution in [0.4, 0.5) is 0 Å². The Morgan fingerprint density at radius 2 is 2.05 bits per heavy atom. The molecule has 1 aliphatic heterocycles. The van der Waals surface area contributed by atoms with E-state index in [1.54, 1.807) is 0 Å². The van der Waals surface area contributed by atoms with Crippen LogP contribution in [0.5, 0.6) is 0 Å². The highest BCUT2D eigenvalue weighted by molar-refractivity contribution is 7.89. The molecule has 2 heterocycles. The monoisotopic (exact) mass is 317 g/mol. The van der Waals surface area contributed by atoms with E-state index in [-0.39, 0.29) is 23.6 Å². The van der Waals surface area contributed by atoms with Crippen molar-refractivity contribution in [3.63, 3.8) is 0 Å². The number of nitrogens with zero attached hydrogens (tertiary/aromatic N) is 2. The number of carbonyl (C=O) groups is 2. The molecule has 1 fully saturated rings. The van der Waals surface area contributed by atoms with Gasteiger partial charge in [-0.3, -0.25) is 9.59 Å². The minimum atomic E-state index is -4.14. The summed E-state index contributed by atoms with van der Waals surface area (Å²) in [6, 6.07) is -0.247. The molecule has 10 heteroatoms. The van der Waals surface area contributed by atoms with E-state index in [0.717, 1.165) is 10.4 Å². The van der Waals surface area contributed by atoms with Crippen LogP contribution in [-0.4, -0.2) is 58.1 Å². The van der Waals surface area contributed by atoms with E-state index < -0.39 is 34.0 Å². The molecular weight excluding hydrogens is 302 g/mol. The third-order valence-corrected chi connectivity index (χ3v) is 5.20. The molecule has 1 unspecified atom stereocenters. The fourth-order valence-electron chi connectivity index (χ4n) is 2.33. The first kappa shape index (κ1) is 15.5. The van der Waals surface area contributed by atoms with Crippen LogP contribution >= 0.6 is 0 Å². The van der Waals surface area contributed by atoms with Gasteiger partial charge in [-0.05, 0) is 6.07 Å². The molecule has 21 heavy (non-hydrogen) atoms. The van der Waals surface area contributed by atoms with Crippen molar-refractivity contribution in [1.29, 1.82) is 0 Å². The van der Waals surface area contributed by atoms with E-state index in [2.05, 4.69) is 0 Å². The summed E-state index contributed by atoms with van der Waals surface area (Å²) < 4.78 is 26.9. The Hall–Kier alpha value is -1.91. The quantitative estimate of drug-likeness (QED) is 0.606. The minimum absolute atomic E-state index is 0.0137. The Labute approximate surface area is 120 Å². The number of primary amides is 1. The van der Waals surface area contributed by atoms with Crippen molar-refractivity contribution in [2.24, 2.45) is 12.8 Å². The van der Waals surface area contributed by atoms with Gasteiger partial charge >= 0.3 is 5.97 Å². The molecule has 1 aromatic rings. The van der Waals surface area contributed by atoms with Crippen LogP contribution in [0.25, 0.3) is 0 Å². The smallest absolute Gasteiger partial charge is 0.322 e. The van der Waals surface area contributed by atoms with Crippen LogP contribution in [0.15, 0.2) is 17.2 Å². The van der Waals surface area contributed by atoms with Gasteiger partial charge in [-0.2, -0.15) is 4.31 Å². The maximum atomic E-state index is 12.5. The van der Waals surface area contributed by atoms with Crippen LogP contribution in [0, 0.1) is 0 Å². The molecule has 1 aliphatic rings. The molecule has 2 atom stereocenters. The number of aryl methyl sites for hydroxylation is 1. The summed E-state index contributed by atoms with van der Waals surface area (Å²) in [4.78, 5) is 22.0. The van der Waals surface area contributed by atoms with E-state index in [0.29, 0.717) is 0 Å². The number of carboxylic acids is 1. The highest BCUT2D eigenvalue weighted by Crippen LogP contribution is 2.27. The minimum Gasteiger partial charge on any atom is -0.480 e. The molecule has 1 saturated heterocycles. The summed E-state index contributed by atoms with van der Waals surface area (Å²) in [5.41, 5.74) is 5.11. The van der Waals surface area contributed by atoms with Gasteiger partial charge in [0.15, 0.2) is 0 Å². The maximum Gasteiger partial charge on any atom is 0.322 e. The predicted molar refractivity (Wildman–Crippen MR) is 69.9 cm³/mol. The predicted octanol–water partition coefficient (Wildman–Crippen LogP) is -1.67. The van der Waals surface area contributed by atoms with Gasteiger partial charge in [0.1, 0.15) is 16.6 Å². The number of aromatic nitrogens is 1. The van der Waals surface area contributed by atoms with Gasteiger partial charge < -0.3 is 20.5 Å². The second kappa shape index (κ2) is 5.13. The number of nitrogens with two attached hydrogens (primary N) is 1. The molecule has 2 rings (SSSR count). The van der Waals surface area contributed by atoms with Gasteiger partial charge in [0.2, 0.25) is 10.0 Å². The number of carboxylic acid groups (broad SMARTS) is 1. The van der Waals surface area contributed by atoms with E-state index >= 15 is 0 Å². The molecule has 0 radical (unpaired) electrons. The van der Waals surface area contributed by atoms with Gasteiger partial charge in [0, 0.05) is 26.2 Å². The number of β-amino-alcohol motifs (C(OH)–C–C–N with tert-alkyl or cyclic N) is 1. The number of rotatable bonds is 4. The number of amides is 1. The van der Waals surface area contributed by atoms with Crippen molar-refractivity contribution in [3.8, 4) is 0 Å². The van der Waals surface area contributed by atoms with Crippen LogP contribution in [0.2, 0.25) is 0 Å². The average molecular weight is 317 g/mol. The molecule has 9 nitrogen and oxygen atoms in total. The number of hydrogen-bond acceptors (Lipinski definition) is 5. The van der Waals surface area contributed by atoms with E-state index in [4.69, 9.17) is 10.8 Å². The Kier molecular flexibility index (Phi) is 3.78. The third-order valence-electron chi connectivity index (χ3n) is 3.36. The van der Waals surface area contributed by atoms with Crippen molar-refractivity contribution < 1.29 is 28.2 Å². The zero-order valence-electron chi connectivity index (χ0n) is 11.1. The summed E-state index contributed by atoms with van der Waals surface area (Å²) in [5.74, 6) is -2.13. The summed E-state index contributed by atoms with van der Waals surface area (Å²) in [6.45, 7) is -0.305. The van der Waals surface area contributed by atoms with Crippen LogP contribution < -0.4 is 5.73 Å². The summed E-state index contributed by atoms with van der Waals surface area (Å²) >= 11 is 0. The number of aliphatic hydroxyl groups excluding tert-OH is 1. The average Bonchev–Trinajstić information content (AvgIpc) is 2.93. The van der Waals surface area contributed by atoms with Crippen molar-refractivity contribution in [3.05, 3.63) is 18.0 Å². The van der Waals surface area contributed by atoms with Crippen molar-refractivity contribution in [2.45, 2.75) is 23.5 Å². The lowest BCUT2D eigenvalue weighted by Gasteiger charge is -2.19. The van der Waals surface area contributed by atoms with Crippen molar-refractivity contribution in [2.75, 3.05) is 6.54 Å². The largest absolute Gasteiger partial charge is 0.480 e. The third kappa shape index (κ3) is 2.64. The summed E-state index contributed by atoms with van der Waals surface area (Å²) in [5, 5.41) is 18.6. The van der Waals surface area contributed by atoms with Gasteiger partial charge in [0.25, 0.3) is 5.91 Å². The lowest BCUT2D eigenvalue weighted by atomic mass is 10.2. The van der Waals surface area contributed by atoms with Crippen molar-refractivity contribution in [1.82, 2.24) is 8.87 Å². The Morgan fingerprint density at radius 3 is 2.52 bits per heavy atom. The Balaban J connectivity index is 2.44. The van der Waals surface area contributed by atoms with Crippen LogP contribution in [-0.2, 0) is 21.9 Å². The second-order valence-corrected chi connectivity index (χ2v) is 6.75. The fourth-order valence-corrected chi connectivity index (χ4v) is 4.03. The number of aliphatic hydroxyl groups is 1. The van der Waals surface area contributed by atoms with Crippen LogP contribution in [0.3, 0.4) is 0 Å². The van der Waals surface area contributed by atoms with Gasteiger partial charge in [-0.25, -0.2) is 8.42 Å². The molecule has 1 amide bonds. The molecule has 0 aromatic carbocycles. The maximum absolute atomic E-state index is 12.5. The van der Waals surface area contributed by atoms with Crippen molar-refractivity contribution >= 4 is 21.9 Å². The number of carbonyl (C=O) groups excluding carboxylic acids is 1. The molecule has 4 N–H and O–H groups in total. The normalized spacial score (nSPS) is 23.3. The standard InChI is InChI=1S/C11H15N3O6S/c1-13-5-7(3-8(13)10(12)16)21(19,20)14-4-6(15)2-9(14)11(17)18/h3,5-6,9,15H,2,4H2,1H3,(H2,12,16)(H,17,18)/t6?,9-/m0/s1. The molecule has 0 saturated carbocycles. The summed E-state index contributed by atoms with van der Waals surface area (Å²) in [6.07, 6.45) is -0.0384. The number of hydrogen-bond donors (Lipinski definition) is 3. The van der Waals surface area contributed by atoms with E-state index in [9.17, 15) is 23.1 Å². The zero-order chi connectivity index (χ0) is 15.9. The van der Waals surface area contributed by atoms with E-state index in [1.165, 1.54) is 17.8 Å². The number of sulfonamides is 1. The van der Waals surface area contributed by atoms with Gasteiger partial charge in [-0.15, -0.1) is 0 Å². The Bertz CT molecular complexity index is 695. The second-order valence-electron chi connectivity index (χ2n) is 4.85. The molecule has 1 aromatic heterocycles. The first-order valence-electron chi connectivity index (χ1n) is 6.03. The molecular formula is C11H15N3O6S. The Morgan fingerprint density at radius 1 is 1.43 bits per heavy atom. The lowest BCUT2D eigenvalue weighted by molar-refractivity contribution is -0.140. The molecule has 0 aliphatic carbocycles.